The Morgan fingerprint density at radius 1 is 1.45 bits per heavy atom. The summed E-state index contributed by atoms with van der Waals surface area (Å²) in [6.07, 6.45) is 1.39. The topological polar surface area (TPSA) is 110 Å². The van der Waals surface area contributed by atoms with Crippen molar-refractivity contribution in [2.24, 2.45) is 0 Å². The molecule has 0 aliphatic heterocycles. The lowest BCUT2D eigenvalue weighted by Gasteiger charge is -2.07. The van der Waals surface area contributed by atoms with E-state index in [4.69, 9.17) is 16.3 Å². The van der Waals surface area contributed by atoms with E-state index in [1.165, 1.54) is 29.1 Å². The van der Waals surface area contributed by atoms with Crippen molar-refractivity contribution in [3.05, 3.63) is 51.3 Å². The lowest BCUT2D eigenvalue weighted by atomic mass is 10.3. The second-order valence-corrected chi connectivity index (χ2v) is 4.08. The van der Waals surface area contributed by atoms with Crippen molar-refractivity contribution < 1.29 is 19.6 Å². The van der Waals surface area contributed by atoms with Gasteiger partial charge in [-0.1, -0.05) is 11.6 Å². The first-order valence-electron chi connectivity index (χ1n) is 5.29. The smallest absolute Gasteiger partial charge is 0.271 e. The molecule has 104 valence electrons. The Morgan fingerprint density at radius 3 is 2.75 bits per heavy atom. The fraction of sp³-hybridized carbons (Fsp3) is 0.0909. The van der Waals surface area contributed by atoms with Crippen molar-refractivity contribution >= 4 is 23.3 Å². The molecule has 1 aromatic carbocycles. The lowest BCUT2D eigenvalue weighted by molar-refractivity contribution is -0.384. The molecule has 0 atom stereocenters. The van der Waals surface area contributed by atoms with Crippen molar-refractivity contribution in [3.63, 3.8) is 0 Å². The number of nitro groups is 1. The first-order valence-corrected chi connectivity index (χ1v) is 5.66. The molecule has 2 rings (SSSR count). The first-order chi connectivity index (χ1) is 9.47. The summed E-state index contributed by atoms with van der Waals surface area (Å²) in [7, 11) is 0. The van der Waals surface area contributed by atoms with E-state index < -0.39 is 10.9 Å². The zero-order chi connectivity index (χ0) is 14.7. The number of benzene rings is 1. The number of ether oxygens (including phenoxy) is 1. The molecule has 0 fully saturated rings. The number of hydrogen-bond donors (Lipinski definition) is 0. The average Bonchev–Trinajstić information content (AvgIpc) is 2.86. The normalized spacial score (nSPS) is 10.2. The van der Waals surface area contributed by atoms with Crippen LogP contribution in [-0.2, 0) is 6.73 Å². The van der Waals surface area contributed by atoms with Gasteiger partial charge in [0, 0.05) is 18.3 Å². The molecule has 20 heavy (non-hydrogen) atoms. The van der Waals surface area contributed by atoms with Crippen LogP contribution in [0.4, 0.5) is 5.69 Å². The molecule has 0 saturated carbocycles. The molecule has 0 amide bonds. The van der Waals surface area contributed by atoms with E-state index in [1.54, 1.807) is 0 Å². The summed E-state index contributed by atoms with van der Waals surface area (Å²) in [5.74, 6) is -1.17. The van der Waals surface area contributed by atoms with E-state index in [-0.39, 0.29) is 28.9 Å². The highest BCUT2D eigenvalue weighted by Gasteiger charge is 2.10. The van der Waals surface area contributed by atoms with Crippen LogP contribution in [0.1, 0.15) is 10.5 Å². The van der Waals surface area contributed by atoms with E-state index in [9.17, 15) is 20.0 Å². The monoisotopic (exact) mass is 296 g/mol. The predicted molar refractivity (Wildman–Crippen MR) is 65.3 cm³/mol. The highest BCUT2D eigenvalue weighted by molar-refractivity contribution is 6.32. The Bertz CT molecular complexity index is 670. The SMILES string of the molecule is O=C([O-])c1ccn(COc2ccc([N+](=O)[O-])cc2Cl)n1. The average molecular weight is 297 g/mol. The van der Waals surface area contributed by atoms with Gasteiger partial charge < -0.3 is 14.6 Å². The first kappa shape index (κ1) is 13.8. The van der Waals surface area contributed by atoms with Crippen LogP contribution in [0.5, 0.6) is 5.75 Å². The van der Waals surface area contributed by atoms with Gasteiger partial charge in [-0.05, 0) is 12.1 Å². The quantitative estimate of drug-likeness (QED) is 0.597. The predicted octanol–water partition coefficient (Wildman–Crippen LogP) is 0.845. The third-order valence-corrected chi connectivity index (χ3v) is 2.62. The number of aromatic carboxylic acids is 1. The van der Waals surface area contributed by atoms with E-state index in [0.29, 0.717) is 0 Å². The summed E-state index contributed by atoms with van der Waals surface area (Å²) in [6.45, 7) is -0.0924. The number of nitro benzene ring substituents is 1. The fourth-order valence-electron chi connectivity index (χ4n) is 1.40. The van der Waals surface area contributed by atoms with E-state index in [0.717, 1.165) is 6.07 Å². The number of aromatic nitrogens is 2. The maximum Gasteiger partial charge on any atom is 0.271 e. The van der Waals surface area contributed by atoms with Crippen LogP contribution < -0.4 is 9.84 Å². The Hall–Kier alpha value is -2.61. The van der Waals surface area contributed by atoms with Gasteiger partial charge in [0.25, 0.3) is 5.69 Å². The molecule has 0 bridgehead atoms. The van der Waals surface area contributed by atoms with Crippen molar-refractivity contribution in [2.75, 3.05) is 0 Å². The number of nitrogens with zero attached hydrogens (tertiary/aromatic N) is 3. The Morgan fingerprint density at radius 2 is 2.20 bits per heavy atom. The third-order valence-electron chi connectivity index (χ3n) is 2.33. The van der Waals surface area contributed by atoms with Crippen LogP contribution in [0.25, 0.3) is 0 Å². The summed E-state index contributed by atoms with van der Waals surface area (Å²) in [5.41, 5.74) is -0.371. The molecule has 0 spiro atoms. The second-order valence-electron chi connectivity index (χ2n) is 3.67. The van der Waals surface area contributed by atoms with Gasteiger partial charge in [-0.25, -0.2) is 4.68 Å². The van der Waals surface area contributed by atoms with Crippen LogP contribution in [0.3, 0.4) is 0 Å². The number of carboxylic acids is 1. The van der Waals surface area contributed by atoms with Crippen molar-refractivity contribution in [1.29, 1.82) is 0 Å². The minimum atomic E-state index is -1.39. The maximum absolute atomic E-state index is 10.5. The molecule has 0 aliphatic carbocycles. The molecule has 9 heteroatoms. The number of carbonyl (C=O) groups excluding carboxylic acids is 1. The molecular weight excluding hydrogens is 290 g/mol. The van der Waals surface area contributed by atoms with Crippen molar-refractivity contribution in [2.45, 2.75) is 6.73 Å². The Labute approximate surface area is 117 Å². The summed E-state index contributed by atoms with van der Waals surface area (Å²) < 4.78 is 6.51. The van der Waals surface area contributed by atoms with Gasteiger partial charge in [0.05, 0.1) is 15.9 Å². The summed E-state index contributed by atoms with van der Waals surface area (Å²) in [4.78, 5) is 20.5. The van der Waals surface area contributed by atoms with Gasteiger partial charge >= 0.3 is 0 Å². The number of carboxylic acid groups (broad SMARTS) is 1. The van der Waals surface area contributed by atoms with Crippen molar-refractivity contribution in [3.8, 4) is 5.75 Å². The van der Waals surface area contributed by atoms with Crippen LogP contribution >= 0.6 is 11.6 Å². The van der Waals surface area contributed by atoms with Gasteiger partial charge in [-0.2, -0.15) is 5.10 Å². The molecule has 8 nitrogen and oxygen atoms in total. The van der Waals surface area contributed by atoms with Gasteiger partial charge in [0.2, 0.25) is 0 Å². The number of halogens is 1. The maximum atomic E-state index is 10.5. The van der Waals surface area contributed by atoms with Gasteiger partial charge in [-0.15, -0.1) is 0 Å². The standard InChI is InChI=1S/C11H8ClN3O5/c12-8-5-7(15(18)19)1-2-10(8)20-6-14-4-3-9(13-14)11(16)17/h1-5H,6H2,(H,16,17)/p-1. The molecule has 0 saturated heterocycles. The number of carbonyl (C=O) groups is 1. The highest BCUT2D eigenvalue weighted by Crippen LogP contribution is 2.28. The number of rotatable bonds is 5. The largest absolute Gasteiger partial charge is 0.543 e. The van der Waals surface area contributed by atoms with Crippen LogP contribution in [-0.4, -0.2) is 20.7 Å². The number of non-ortho nitro benzene ring substituents is 1. The lowest BCUT2D eigenvalue weighted by Crippen LogP contribution is -2.23. The molecule has 2 aromatic rings. The summed E-state index contributed by atoms with van der Waals surface area (Å²) in [5, 5.41) is 24.8. The highest BCUT2D eigenvalue weighted by atomic mass is 35.5. The van der Waals surface area contributed by atoms with Crippen LogP contribution in [0, 0.1) is 10.1 Å². The molecule has 0 unspecified atom stereocenters. The van der Waals surface area contributed by atoms with E-state index in [1.807, 2.05) is 0 Å². The zero-order valence-electron chi connectivity index (χ0n) is 9.85. The zero-order valence-corrected chi connectivity index (χ0v) is 10.6. The molecule has 0 aliphatic rings. The minimum absolute atomic E-state index is 0.0754. The molecular formula is C11H7ClN3O5-. The molecule has 0 radical (unpaired) electrons. The molecule has 0 N–H and O–H groups in total. The van der Waals surface area contributed by atoms with Crippen LogP contribution in [0.15, 0.2) is 30.5 Å². The summed E-state index contributed by atoms with van der Waals surface area (Å²) >= 11 is 5.83. The van der Waals surface area contributed by atoms with Gasteiger partial charge in [0.15, 0.2) is 6.73 Å². The molecule has 1 aromatic heterocycles. The Balaban J connectivity index is 2.06. The van der Waals surface area contributed by atoms with E-state index >= 15 is 0 Å². The molecule has 1 heterocycles. The fourth-order valence-corrected chi connectivity index (χ4v) is 1.63. The van der Waals surface area contributed by atoms with Crippen LogP contribution in [0.2, 0.25) is 5.02 Å². The number of hydrogen-bond acceptors (Lipinski definition) is 6. The van der Waals surface area contributed by atoms with Gasteiger partial charge in [-0.3, -0.25) is 10.1 Å². The van der Waals surface area contributed by atoms with Gasteiger partial charge in [0.1, 0.15) is 11.4 Å². The third kappa shape index (κ3) is 3.04. The summed E-state index contributed by atoms with van der Waals surface area (Å²) in [6, 6.07) is 5.02. The second kappa shape index (κ2) is 5.57. The van der Waals surface area contributed by atoms with Crippen molar-refractivity contribution in [1.82, 2.24) is 9.78 Å². The Kier molecular flexibility index (Phi) is 3.85. The minimum Gasteiger partial charge on any atom is -0.543 e. The van der Waals surface area contributed by atoms with E-state index in [2.05, 4.69) is 5.10 Å².